The number of hydrogen-bond donors (Lipinski definition) is 0. The van der Waals surface area contributed by atoms with E-state index >= 15 is 0 Å². The Hall–Kier alpha value is -1.91. The molecule has 0 unspecified atom stereocenters. The van der Waals surface area contributed by atoms with Gasteiger partial charge in [-0.25, -0.2) is 0 Å². The smallest absolute Gasteiger partial charge is 0.119 e. The minimum atomic E-state index is 0.518. The molecule has 4 heteroatoms. The summed E-state index contributed by atoms with van der Waals surface area (Å²) in [4.78, 5) is 4.60. The summed E-state index contributed by atoms with van der Waals surface area (Å²) in [5.41, 5.74) is 5.54. The van der Waals surface area contributed by atoms with Crippen LogP contribution in [0.5, 0.6) is 5.75 Å². The summed E-state index contributed by atoms with van der Waals surface area (Å²) < 4.78 is 7.95. The quantitative estimate of drug-likeness (QED) is 0.361. The zero-order valence-electron chi connectivity index (χ0n) is 14.7. The molecule has 2 nitrogen and oxygen atoms in total. The van der Waals surface area contributed by atoms with E-state index in [1.165, 1.54) is 11.1 Å². The van der Waals surface area contributed by atoms with Gasteiger partial charge in [-0.15, -0.1) is 0 Å². The maximum atomic E-state index is 5.88. The van der Waals surface area contributed by atoms with Crippen LogP contribution < -0.4 is 4.74 Å². The summed E-state index contributed by atoms with van der Waals surface area (Å²) in [7, 11) is 0. The van der Waals surface area contributed by atoms with Crippen LogP contribution in [0.3, 0.4) is 0 Å². The molecule has 0 amide bonds. The molecule has 0 heterocycles. The number of hydrogen-bond acceptors (Lipinski definition) is 2. The number of rotatable bonds is 5. The van der Waals surface area contributed by atoms with E-state index in [-0.39, 0.29) is 0 Å². The standard InChI is InChI=1S/C22H19Br2NO/c1-15-3-4-16(2)22(11-15)25-13-17-5-9-20(10-6-17)26-14-18-7-8-19(23)12-21(18)24/h3-13H,14H2,1-2H3. The topological polar surface area (TPSA) is 21.6 Å². The first-order valence-corrected chi connectivity index (χ1v) is 9.88. The van der Waals surface area contributed by atoms with Crippen LogP contribution in [0.15, 0.2) is 74.6 Å². The second kappa shape index (κ2) is 8.65. The second-order valence-electron chi connectivity index (χ2n) is 6.14. The molecule has 3 rings (SSSR count). The molecule has 0 radical (unpaired) electrons. The third-order valence-electron chi connectivity index (χ3n) is 4.01. The van der Waals surface area contributed by atoms with Gasteiger partial charge in [0.25, 0.3) is 0 Å². The minimum absolute atomic E-state index is 0.518. The predicted octanol–water partition coefficient (Wildman–Crippen LogP) is 7.16. The van der Waals surface area contributed by atoms with Crippen molar-refractivity contribution in [2.24, 2.45) is 4.99 Å². The fourth-order valence-electron chi connectivity index (χ4n) is 2.45. The van der Waals surface area contributed by atoms with Crippen molar-refractivity contribution in [3.63, 3.8) is 0 Å². The zero-order valence-corrected chi connectivity index (χ0v) is 17.8. The van der Waals surface area contributed by atoms with Crippen molar-refractivity contribution in [3.8, 4) is 5.75 Å². The third kappa shape index (κ3) is 5.05. The molecule has 0 bridgehead atoms. The molecule has 0 saturated heterocycles. The molecule has 0 saturated carbocycles. The molecule has 0 fully saturated rings. The number of aryl methyl sites for hydroxylation is 2. The van der Waals surface area contributed by atoms with Crippen LogP contribution in [-0.4, -0.2) is 6.21 Å². The lowest BCUT2D eigenvalue weighted by Crippen LogP contribution is -1.96. The van der Waals surface area contributed by atoms with Gasteiger partial charge in [-0.05, 0) is 73.0 Å². The molecule has 0 spiro atoms. The summed E-state index contributed by atoms with van der Waals surface area (Å²) in [6.45, 7) is 4.67. The maximum absolute atomic E-state index is 5.88. The molecule has 0 atom stereocenters. The molecule has 0 aliphatic carbocycles. The van der Waals surface area contributed by atoms with Gasteiger partial charge in [0.2, 0.25) is 0 Å². The van der Waals surface area contributed by atoms with Crippen molar-refractivity contribution in [1.82, 2.24) is 0 Å². The molecule has 3 aromatic rings. The van der Waals surface area contributed by atoms with E-state index in [0.717, 1.165) is 31.5 Å². The monoisotopic (exact) mass is 471 g/mol. The highest BCUT2D eigenvalue weighted by Gasteiger charge is 2.02. The Balaban J connectivity index is 1.64. The number of aliphatic imine (C=N–C) groups is 1. The van der Waals surface area contributed by atoms with Crippen LogP contribution in [0.25, 0.3) is 0 Å². The second-order valence-corrected chi connectivity index (χ2v) is 7.91. The Bertz CT molecular complexity index is 933. The summed E-state index contributed by atoms with van der Waals surface area (Å²) in [5, 5.41) is 0. The molecular formula is C22H19Br2NO. The Morgan fingerprint density at radius 1 is 0.923 bits per heavy atom. The number of ether oxygens (including phenoxy) is 1. The Morgan fingerprint density at radius 3 is 2.42 bits per heavy atom. The lowest BCUT2D eigenvalue weighted by Gasteiger charge is -2.08. The molecular weight excluding hydrogens is 454 g/mol. The van der Waals surface area contributed by atoms with E-state index in [1.807, 2.05) is 48.7 Å². The summed E-state index contributed by atoms with van der Waals surface area (Å²) in [5.74, 6) is 0.837. The van der Waals surface area contributed by atoms with Crippen molar-refractivity contribution >= 4 is 43.8 Å². The van der Waals surface area contributed by atoms with E-state index in [4.69, 9.17) is 4.74 Å². The lowest BCUT2D eigenvalue weighted by atomic mass is 10.1. The number of benzene rings is 3. The number of halogens is 2. The van der Waals surface area contributed by atoms with Gasteiger partial charge < -0.3 is 4.74 Å². The van der Waals surface area contributed by atoms with Gasteiger partial charge >= 0.3 is 0 Å². The van der Waals surface area contributed by atoms with Gasteiger partial charge in [0.15, 0.2) is 0 Å². The number of nitrogens with zero attached hydrogens (tertiary/aromatic N) is 1. The first kappa shape index (κ1) is 18.9. The van der Waals surface area contributed by atoms with Gasteiger partial charge in [0, 0.05) is 20.7 Å². The van der Waals surface area contributed by atoms with Crippen LogP contribution >= 0.6 is 31.9 Å². The molecule has 26 heavy (non-hydrogen) atoms. The van der Waals surface area contributed by atoms with Gasteiger partial charge in [0.1, 0.15) is 12.4 Å². The molecule has 0 N–H and O–H groups in total. The van der Waals surface area contributed by atoms with Gasteiger partial charge in [-0.3, -0.25) is 4.99 Å². The average molecular weight is 473 g/mol. The third-order valence-corrected chi connectivity index (χ3v) is 5.24. The van der Waals surface area contributed by atoms with E-state index in [0.29, 0.717) is 6.61 Å². The van der Waals surface area contributed by atoms with E-state index in [2.05, 4.69) is 68.9 Å². The van der Waals surface area contributed by atoms with Crippen LogP contribution in [0.2, 0.25) is 0 Å². The highest BCUT2D eigenvalue weighted by molar-refractivity contribution is 9.11. The molecule has 0 aromatic heterocycles. The first-order chi connectivity index (χ1) is 12.5. The van der Waals surface area contributed by atoms with Crippen molar-refractivity contribution < 1.29 is 4.74 Å². The fraction of sp³-hybridized carbons (Fsp3) is 0.136. The Kier molecular flexibility index (Phi) is 6.28. The van der Waals surface area contributed by atoms with Crippen LogP contribution in [0.1, 0.15) is 22.3 Å². The molecule has 0 aliphatic rings. The molecule has 0 aliphatic heterocycles. The average Bonchev–Trinajstić information content (AvgIpc) is 2.63. The van der Waals surface area contributed by atoms with Crippen LogP contribution in [-0.2, 0) is 6.61 Å². The summed E-state index contributed by atoms with van der Waals surface area (Å²) >= 11 is 7.02. The maximum Gasteiger partial charge on any atom is 0.119 e. The fourth-order valence-corrected chi connectivity index (χ4v) is 3.61. The van der Waals surface area contributed by atoms with Gasteiger partial charge in [-0.2, -0.15) is 0 Å². The van der Waals surface area contributed by atoms with Crippen molar-refractivity contribution in [2.45, 2.75) is 20.5 Å². The van der Waals surface area contributed by atoms with Crippen molar-refractivity contribution in [2.75, 3.05) is 0 Å². The largest absolute Gasteiger partial charge is 0.489 e. The SMILES string of the molecule is Cc1ccc(C)c(N=Cc2ccc(OCc3ccc(Br)cc3Br)cc2)c1. The van der Waals surface area contributed by atoms with E-state index in [9.17, 15) is 0 Å². The summed E-state index contributed by atoms with van der Waals surface area (Å²) in [6.07, 6.45) is 1.89. The van der Waals surface area contributed by atoms with Crippen LogP contribution in [0, 0.1) is 13.8 Å². The van der Waals surface area contributed by atoms with E-state index < -0.39 is 0 Å². The minimum Gasteiger partial charge on any atom is -0.489 e. The van der Waals surface area contributed by atoms with Crippen LogP contribution in [0.4, 0.5) is 5.69 Å². The first-order valence-electron chi connectivity index (χ1n) is 8.29. The zero-order chi connectivity index (χ0) is 18.5. The van der Waals surface area contributed by atoms with Crippen molar-refractivity contribution in [1.29, 1.82) is 0 Å². The van der Waals surface area contributed by atoms with Gasteiger partial charge in [0.05, 0.1) is 5.69 Å². The normalized spacial score (nSPS) is 11.1. The Morgan fingerprint density at radius 2 is 1.69 bits per heavy atom. The highest BCUT2D eigenvalue weighted by Crippen LogP contribution is 2.24. The highest BCUT2D eigenvalue weighted by atomic mass is 79.9. The van der Waals surface area contributed by atoms with Crippen molar-refractivity contribution in [3.05, 3.63) is 91.9 Å². The predicted molar refractivity (Wildman–Crippen MR) is 116 cm³/mol. The lowest BCUT2D eigenvalue weighted by molar-refractivity contribution is 0.305. The van der Waals surface area contributed by atoms with E-state index in [1.54, 1.807) is 0 Å². The molecule has 3 aromatic carbocycles. The Labute approximate surface area is 171 Å². The van der Waals surface area contributed by atoms with Gasteiger partial charge in [-0.1, -0.05) is 50.1 Å². The molecule has 132 valence electrons. The summed E-state index contributed by atoms with van der Waals surface area (Å²) in [6, 6.07) is 20.3.